The van der Waals surface area contributed by atoms with E-state index in [-0.39, 0.29) is 37.4 Å². The van der Waals surface area contributed by atoms with Gasteiger partial charge in [0.25, 0.3) is 10.1 Å². The maximum absolute atomic E-state index is 12.7. The van der Waals surface area contributed by atoms with Gasteiger partial charge in [-0.1, -0.05) is 29.8 Å². The van der Waals surface area contributed by atoms with Crippen LogP contribution < -0.4 is 10.1 Å². The summed E-state index contributed by atoms with van der Waals surface area (Å²) < 4.78 is 53.4. The minimum atomic E-state index is -4.01. The van der Waals surface area contributed by atoms with Crippen molar-refractivity contribution in [3.8, 4) is 5.75 Å². The number of carbonyl (C=O) groups excluding carboxylic acids is 1. The zero-order valence-corrected chi connectivity index (χ0v) is 27.7. The Kier molecular flexibility index (Phi) is 12.2. The van der Waals surface area contributed by atoms with Gasteiger partial charge in [0, 0.05) is 0 Å². The number of ether oxygens (including phenoxy) is 4. The van der Waals surface area contributed by atoms with Gasteiger partial charge in [-0.05, 0) is 90.6 Å². The van der Waals surface area contributed by atoms with Crippen LogP contribution in [0.2, 0.25) is 0 Å². The number of amides is 1. The van der Waals surface area contributed by atoms with Crippen LogP contribution in [0.15, 0.2) is 53.4 Å². The number of carboxylic acids is 2. The summed E-state index contributed by atoms with van der Waals surface area (Å²) in [6.45, 7) is 9.94. The molecule has 2 aromatic carbocycles. The molecule has 0 radical (unpaired) electrons. The summed E-state index contributed by atoms with van der Waals surface area (Å²) in [6, 6.07) is 11.7. The fraction of sp³-hybridized carbons (Fsp3) is 0.531. The average Bonchev–Trinajstić information content (AvgIpc) is 3.25. The Balaban J connectivity index is 1.55. The number of benzene rings is 2. The maximum Gasteiger partial charge on any atom is 0.408 e. The highest BCUT2D eigenvalue weighted by atomic mass is 32.2. The van der Waals surface area contributed by atoms with Crippen molar-refractivity contribution in [3.05, 3.63) is 59.7 Å². The molecule has 1 amide bonds. The number of aliphatic carboxylic acids is 2. The Hall–Kier alpha value is -3.72. The molecule has 0 spiro atoms. The van der Waals surface area contributed by atoms with Crippen LogP contribution in [0.3, 0.4) is 0 Å². The fourth-order valence-corrected chi connectivity index (χ4v) is 5.61. The summed E-state index contributed by atoms with van der Waals surface area (Å²) in [4.78, 5) is 35.7. The maximum atomic E-state index is 12.7. The number of carboxylic acid groups (broad SMARTS) is 2. The number of hydrogen-bond acceptors (Lipinski definition) is 10. The Morgan fingerprint density at radius 2 is 1.50 bits per heavy atom. The summed E-state index contributed by atoms with van der Waals surface area (Å²) in [7, 11) is -4.01. The second-order valence-corrected chi connectivity index (χ2v) is 14.2. The summed E-state index contributed by atoms with van der Waals surface area (Å²) >= 11 is 0. The van der Waals surface area contributed by atoms with E-state index in [1.807, 2.05) is 6.92 Å². The van der Waals surface area contributed by atoms with Crippen molar-refractivity contribution >= 4 is 28.1 Å². The number of nitrogens with one attached hydrogen (secondary N) is 1. The highest BCUT2D eigenvalue weighted by Crippen LogP contribution is 2.30. The lowest BCUT2D eigenvalue weighted by Gasteiger charge is -2.22. The van der Waals surface area contributed by atoms with E-state index in [1.54, 1.807) is 71.0 Å². The molecule has 1 saturated heterocycles. The van der Waals surface area contributed by atoms with E-state index in [1.165, 1.54) is 12.1 Å². The van der Waals surface area contributed by atoms with E-state index in [9.17, 15) is 33.0 Å². The summed E-state index contributed by atoms with van der Waals surface area (Å²) in [5, 5.41) is 21.5. The molecule has 46 heavy (non-hydrogen) atoms. The molecule has 0 aromatic heterocycles. The Morgan fingerprint density at radius 3 is 2.04 bits per heavy atom. The van der Waals surface area contributed by atoms with Gasteiger partial charge in [0.2, 0.25) is 0 Å². The molecule has 2 aromatic rings. The quantitative estimate of drug-likeness (QED) is 0.230. The average molecular weight is 666 g/mol. The summed E-state index contributed by atoms with van der Waals surface area (Å²) in [5.41, 5.74) is 0.780. The van der Waals surface area contributed by atoms with Gasteiger partial charge >= 0.3 is 18.0 Å². The number of carbonyl (C=O) groups is 3. The van der Waals surface area contributed by atoms with Crippen molar-refractivity contribution in [2.45, 2.75) is 95.3 Å². The van der Waals surface area contributed by atoms with Gasteiger partial charge in [0.15, 0.2) is 5.79 Å². The molecule has 254 valence electrons. The smallest absolute Gasteiger partial charge is 0.408 e. The predicted octanol–water partition coefficient (Wildman–Crippen LogP) is 4.30. The summed E-state index contributed by atoms with van der Waals surface area (Å²) in [6.07, 6.45) is -2.26. The third-order valence-electron chi connectivity index (χ3n) is 6.94. The molecule has 3 N–H and O–H groups in total. The Bertz CT molecular complexity index is 1450. The van der Waals surface area contributed by atoms with Crippen molar-refractivity contribution in [2.24, 2.45) is 5.92 Å². The molecule has 4 atom stereocenters. The zero-order chi connectivity index (χ0) is 34.3. The van der Waals surface area contributed by atoms with Crippen LogP contribution in [-0.4, -0.2) is 79.5 Å². The van der Waals surface area contributed by atoms with Gasteiger partial charge < -0.3 is 34.5 Å². The normalized spacial score (nSPS) is 19.2. The zero-order valence-electron chi connectivity index (χ0n) is 26.8. The van der Waals surface area contributed by atoms with Crippen LogP contribution in [0.4, 0.5) is 4.79 Å². The molecule has 0 saturated carbocycles. The number of hydrogen-bond donors (Lipinski definition) is 3. The molecule has 1 fully saturated rings. The van der Waals surface area contributed by atoms with Crippen LogP contribution in [-0.2, 0) is 44.5 Å². The minimum Gasteiger partial charge on any atom is -0.491 e. The molecule has 13 nitrogen and oxygen atoms in total. The van der Waals surface area contributed by atoms with E-state index >= 15 is 0 Å². The second kappa shape index (κ2) is 15.2. The molecular formula is C32H43NO12S. The molecule has 1 heterocycles. The number of aryl methyl sites for hydroxylation is 1. The third kappa shape index (κ3) is 11.6. The highest BCUT2D eigenvalue weighted by Gasteiger charge is 2.42. The van der Waals surface area contributed by atoms with Gasteiger partial charge in [-0.25, -0.2) is 9.59 Å². The minimum absolute atomic E-state index is 0.00174. The monoisotopic (exact) mass is 665 g/mol. The van der Waals surface area contributed by atoms with E-state index in [0.29, 0.717) is 11.3 Å². The molecule has 0 aliphatic carbocycles. The van der Waals surface area contributed by atoms with Crippen LogP contribution >= 0.6 is 0 Å². The van der Waals surface area contributed by atoms with Crippen LogP contribution in [0, 0.1) is 12.8 Å². The first-order valence-corrected chi connectivity index (χ1v) is 16.2. The van der Waals surface area contributed by atoms with Crippen molar-refractivity contribution in [3.63, 3.8) is 0 Å². The van der Waals surface area contributed by atoms with E-state index in [0.717, 1.165) is 5.56 Å². The number of rotatable bonds is 15. The largest absolute Gasteiger partial charge is 0.491 e. The molecule has 1 aliphatic heterocycles. The highest BCUT2D eigenvalue weighted by molar-refractivity contribution is 7.86. The molecular weight excluding hydrogens is 622 g/mol. The second-order valence-electron chi connectivity index (χ2n) is 12.6. The third-order valence-corrected chi connectivity index (χ3v) is 8.24. The Morgan fingerprint density at radius 1 is 0.913 bits per heavy atom. The first-order chi connectivity index (χ1) is 21.3. The van der Waals surface area contributed by atoms with Crippen molar-refractivity contribution in [1.29, 1.82) is 0 Å². The lowest BCUT2D eigenvalue weighted by atomic mass is 9.93. The number of alkyl carbamates (subject to hydrolysis) is 1. The predicted molar refractivity (Wildman–Crippen MR) is 165 cm³/mol. The van der Waals surface area contributed by atoms with Gasteiger partial charge in [-0.15, -0.1) is 0 Å². The van der Waals surface area contributed by atoms with Gasteiger partial charge in [-0.2, -0.15) is 8.42 Å². The Labute approximate surface area is 269 Å². The first-order valence-electron chi connectivity index (χ1n) is 14.8. The SMILES string of the molecule is Cc1ccc(S(=O)(=O)OC[C@@H]2OC(C)(C)O[C@H]2COc2ccc(CC(CC[C@H](NC(=O)OC(C)(C)C)C(=O)O)C(=O)O)cc2)cc1. The fourth-order valence-electron chi connectivity index (χ4n) is 4.69. The molecule has 0 bridgehead atoms. The van der Waals surface area contributed by atoms with E-state index in [2.05, 4.69) is 5.32 Å². The van der Waals surface area contributed by atoms with Gasteiger partial charge in [0.1, 0.15) is 36.2 Å². The first kappa shape index (κ1) is 36.7. The molecule has 14 heteroatoms. The van der Waals surface area contributed by atoms with Crippen LogP contribution in [0.1, 0.15) is 58.6 Å². The molecule has 1 unspecified atom stereocenters. The van der Waals surface area contributed by atoms with Crippen LogP contribution in [0.25, 0.3) is 0 Å². The van der Waals surface area contributed by atoms with Crippen LogP contribution in [0.5, 0.6) is 5.75 Å². The van der Waals surface area contributed by atoms with E-state index < -0.39 is 63.7 Å². The topological polar surface area (TPSA) is 184 Å². The van der Waals surface area contributed by atoms with Gasteiger partial charge in [0.05, 0.1) is 17.4 Å². The van der Waals surface area contributed by atoms with Crippen molar-refractivity contribution in [2.75, 3.05) is 13.2 Å². The summed E-state index contributed by atoms with van der Waals surface area (Å²) in [5.74, 6) is -3.83. The van der Waals surface area contributed by atoms with Crippen molar-refractivity contribution < 1.29 is 56.1 Å². The lowest BCUT2D eigenvalue weighted by molar-refractivity contribution is -0.150. The molecule has 3 rings (SSSR count). The van der Waals surface area contributed by atoms with Gasteiger partial charge in [-0.3, -0.25) is 8.98 Å². The lowest BCUT2D eigenvalue weighted by Crippen LogP contribution is -2.43. The molecule has 1 aliphatic rings. The standard InChI is InChI=1S/C32H43NO12S/c1-20-7-14-24(15-8-20)46(39,40)42-19-27-26(43-32(5,6)44-27)18-41-23-12-9-21(10-13-23)17-22(28(34)35)11-16-25(29(36)37)33-30(38)45-31(2,3)4/h7-10,12-15,22,25-27H,11,16-19H2,1-6H3,(H,33,38)(H,34,35)(H,36,37)/t22?,25-,26-,27-/m0/s1. The van der Waals surface area contributed by atoms with E-state index in [4.69, 9.17) is 23.1 Å². The van der Waals surface area contributed by atoms with Crippen molar-refractivity contribution in [1.82, 2.24) is 5.32 Å².